The first kappa shape index (κ1) is 15.9. The van der Waals surface area contributed by atoms with Gasteiger partial charge in [-0.15, -0.1) is 0 Å². The van der Waals surface area contributed by atoms with Crippen molar-refractivity contribution in [3.63, 3.8) is 0 Å². The topological polar surface area (TPSA) is 47.6 Å². The van der Waals surface area contributed by atoms with E-state index in [9.17, 15) is 9.18 Å². The number of carbonyl (C=O) groups excluding carboxylic acids is 1. The second kappa shape index (κ2) is 6.75. The van der Waals surface area contributed by atoms with Crippen LogP contribution >= 0.6 is 0 Å². The van der Waals surface area contributed by atoms with Crippen LogP contribution in [0.4, 0.5) is 4.39 Å². The molecule has 5 heteroatoms. The lowest BCUT2D eigenvalue weighted by Gasteiger charge is -2.13. The molecule has 130 valence electrons. The van der Waals surface area contributed by atoms with Gasteiger partial charge in [-0.2, -0.15) is 0 Å². The van der Waals surface area contributed by atoms with Gasteiger partial charge in [-0.3, -0.25) is 4.79 Å². The predicted molar refractivity (Wildman–Crippen MR) is 91.7 cm³/mol. The van der Waals surface area contributed by atoms with Crippen LogP contribution in [0.25, 0.3) is 0 Å². The summed E-state index contributed by atoms with van der Waals surface area (Å²) in [5.41, 5.74) is 4.24. The molecular formula is C20H20FNO3. The molecule has 0 aromatic heterocycles. The van der Waals surface area contributed by atoms with Crippen LogP contribution in [-0.4, -0.2) is 25.7 Å². The Hall–Kier alpha value is -2.56. The molecule has 2 aliphatic heterocycles. The third-order valence-electron chi connectivity index (χ3n) is 4.71. The van der Waals surface area contributed by atoms with Crippen molar-refractivity contribution in [1.82, 2.24) is 5.32 Å². The van der Waals surface area contributed by atoms with Crippen molar-refractivity contribution < 1.29 is 18.7 Å². The van der Waals surface area contributed by atoms with Gasteiger partial charge in [-0.1, -0.05) is 12.1 Å². The highest BCUT2D eigenvalue weighted by Crippen LogP contribution is 2.40. The molecule has 0 spiro atoms. The summed E-state index contributed by atoms with van der Waals surface area (Å²) in [6.45, 7) is 1.94. The Bertz CT molecular complexity index is 787. The van der Waals surface area contributed by atoms with Crippen LogP contribution in [0.5, 0.6) is 11.5 Å². The van der Waals surface area contributed by atoms with E-state index < -0.39 is 0 Å². The number of hydrogen-bond donors (Lipinski definition) is 1. The summed E-state index contributed by atoms with van der Waals surface area (Å²) in [5.74, 6) is 1.51. The van der Waals surface area contributed by atoms with Crippen LogP contribution in [0, 0.1) is 5.82 Å². The molecule has 2 aliphatic rings. The molecule has 0 bridgehead atoms. The monoisotopic (exact) mass is 341 g/mol. The highest BCUT2D eigenvalue weighted by atomic mass is 19.1. The van der Waals surface area contributed by atoms with E-state index in [1.54, 1.807) is 12.1 Å². The summed E-state index contributed by atoms with van der Waals surface area (Å²) in [4.78, 5) is 12.1. The minimum Gasteiger partial charge on any atom is -0.493 e. The van der Waals surface area contributed by atoms with Gasteiger partial charge in [-0.25, -0.2) is 4.39 Å². The average Bonchev–Trinajstić information content (AvgIpc) is 3.22. The standard InChI is InChI=1S/C20H20FNO3/c21-15-3-1-2-13(10-15)11-19(23)22-7-4-17-16-6-9-24-18(16)12-14-5-8-25-20(14)17/h1-3,10,12H,4-9,11H2,(H,22,23). The molecule has 4 nitrogen and oxygen atoms in total. The van der Waals surface area contributed by atoms with Gasteiger partial charge in [0.1, 0.15) is 17.3 Å². The summed E-state index contributed by atoms with van der Waals surface area (Å²) in [6, 6.07) is 8.23. The van der Waals surface area contributed by atoms with Crippen molar-refractivity contribution in [3.05, 3.63) is 58.4 Å². The Balaban J connectivity index is 1.40. The lowest BCUT2D eigenvalue weighted by molar-refractivity contribution is -0.120. The molecule has 2 aromatic carbocycles. The summed E-state index contributed by atoms with van der Waals surface area (Å²) in [5, 5.41) is 2.92. The number of halogens is 1. The number of carbonyl (C=O) groups is 1. The van der Waals surface area contributed by atoms with E-state index in [2.05, 4.69) is 11.4 Å². The van der Waals surface area contributed by atoms with Crippen molar-refractivity contribution in [2.24, 2.45) is 0 Å². The lowest BCUT2D eigenvalue weighted by Crippen LogP contribution is -2.27. The van der Waals surface area contributed by atoms with E-state index in [4.69, 9.17) is 9.47 Å². The second-order valence-corrected chi connectivity index (χ2v) is 6.42. The van der Waals surface area contributed by atoms with Gasteiger partial charge in [0, 0.05) is 36.1 Å². The van der Waals surface area contributed by atoms with Crippen molar-refractivity contribution in [2.45, 2.75) is 25.7 Å². The predicted octanol–water partition coefficient (Wildman–Crippen LogP) is 2.60. The van der Waals surface area contributed by atoms with E-state index in [1.165, 1.54) is 23.3 Å². The van der Waals surface area contributed by atoms with Crippen molar-refractivity contribution >= 4 is 5.91 Å². The Morgan fingerprint density at radius 2 is 2.04 bits per heavy atom. The SMILES string of the molecule is O=C(Cc1cccc(F)c1)NCCc1c2c(cc3c1OCC3)OCC2. The molecule has 1 amide bonds. The van der Waals surface area contributed by atoms with Crippen molar-refractivity contribution in [2.75, 3.05) is 19.8 Å². The van der Waals surface area contributed by atoms with Gasteiger partial charge in [0.2, 0.25) is 5.91 Å². The van der Waals surface area contributed by atoms with Crippen LogP contribution in [0.3, 0.4) is 0 Å². The number of benzene rings is 2. The van der Waals surface area contributed by atoms with Gasteiger partial charge in [0.05, 0.1) is 19.6 Å². The quantitative estimate of drug-likeness (QED) is 0.909. The Labute approximate surface area is 146 Å². The molecule has 0 unspecified atom stereocenters. The Morgan fingerprint density at radius 3 is 2.92 bits per heavy atom. The lowest BCUT2D eigenvalue weighted by atomic mass is 9.97. The first-order chi connectivity index (χ1) is 12.2. The molecular weight excluding hydrogens is 321 g/mol. The third kappa shape index (κ3) is 3.31. The van der Waals surface area contributed by atoms with E-state index in [0.717, 1.165) is 29.9 Å². The zero-order valence-electron chi connectivity index (χ0n) is 13.9. The zero-order valence-corrected chi connectivity index (χ0v) is 13.9. The summed E-state index contributed by atoms with van der Waals surface area (Å²) < 4.78 is 24.7. The highest BCUT2D eigenvalue weighted by Gasteiger charge is 2.26. The van der Waals surface area contributed by atoms with E-state index in [1.807, 2.05) is 0 Å². The summed E-state index contributed by atoms with van der Waals surface area (Å²) in [6.07, 6.45) is 2.69. The number of hydrogen-bond acceptors (Lipinski definition) is 3. The maximum Gasteiger partial charge on any atom is 0.224 e. The molecule has 0 aliphatic carbocycles. The summed E-state index contributed by atoms with van der Waals surface area (Å²) in [7, 11) is 0. The summed E-state index contributed by atoms with van der Waals surface area (Å²) >= 11 is 0. The number of rotatable bonds is 5. The van der Waals surface area contributed by atoms with E-state index in [-0.39, 0.29) is 18.1 Å². The van der Waals surface area contributed by atoms with Gasteiger partial charge in [0.15, 0.2) is 0 Å². The minimum absolute atomic E-state index is 0.105. The largest absolute Gasteiger partial charge is 0.493 e. The van der Waals surface area contributed by atoms with E-state index in [0.29, 0.717) is 31.7 Å². The number of nitrogens with one attached hydrogen (secondary N) is 1. The first-order valence-electron chi connectivity index (χ1n) is 8.65. The number of amides is 1. The number of fused-ring (bicyclic) bond motifs is 2. The van der Waals surface area contributed by atoms with Crippen LogP contribution in [0.15, 0.2) is 30.3 Å². The smallest absolute Gasteiger partial charge is 0.224 e. The van der Waals surface area contributed by atoms with Crippen molar-refractivity contribution in [3.8, 4) is 11.5 Å². The molecule has 0 saturated heterocycles. The minimum atomic E-state index is -0.321. The van der Waals surface area contributed by atoms with Crippen LogP contribution in [0.2, 0.25) is 0 Å². The molecule has 0 atom stereocenters. The molecule has 25 heavy (non-hydrogen) atoms. The third-order valence-corrected chi connectivity index (χ3v) is 4.71. The molecule has 4 rings (SSSR count). The maximum atomic E-state index is 13.2. The average molecular weight is 341 g/mol. The van der Waals surface area contributed by atoms with Crippen LogP contribution in [0.1, 0.15) is 22.3 Å². The zero-order chi connectivity index (χ0) is 17.2. The molecule has 2 aromatic rings. The fourth-order valence-electron chi connectivity index (χ4n) is 3.57. The maximum absolute atomic E-state index is 13.2. The van der Waals surface area contributed by atoms with Gasteiger partial charge in [0.25, 0.3) is 0 Å². The fourth-order valence-corrected chi connectivity index (χ4v) is 3.57. The second-order valence-electron chi connectivity index (χ2n) is 6.42. The molecule has 0 fully saturated rings. The highest BCUT2D eigenvalue weighted by molar-refractivity contribution is 5.78. The molecule has 1 N–H and O–H groups in total. The molecule has 0 saturated carbocycles. The normalized spacial score (nSPS) is 14.4. The van der Waals surface area contributed by atoms with Gasteiger partial charge in [-0.05, 0) is 30.2 Å². The van der Waals surface area contributed by atoms with Gasteiger partial charge < -0.3 is 14.8 Å². The van der Waals surface area contributed by atoms with Crippen LogP contribution in [-0.2, 0) is 30.5 Å². The molecule has 0 radical (unpaired) electrons. The van der Waals surface area contributed by atoms with Gasteiger partial charge >= 0.3 is 0 Å². The van der Waals surface area contributed by atoms with Crippen molar-refractivity contribution in [1.29, 1.82) is 0 Å². The Kier molecular flexibility index (Phi) is 4.30. The fraction of sp³-hybridized carbons (Fsp3) is 0.350. The molecule has 2 heterocycles. The Morgan fingerprint density at radius 1 is 1.16 bits per heavy atom. The number of ether oxygens (including phenoxy) is 2. The van der Waals surface area contributed by atoms with Crippen LogP contribution < -0.4 is 14.8 Å². The first-order valence-corrected chi connectivity index (χ1v) is 8.65. The van der Waals surface area contributed by atoms with E-state index >= 15 is 0 Å².